The van der Waals surface area contributed by atoms with E-state index in [-0.39, 0.29) is 5.79 Å². The molecule has 0 amide bonds. The van der Waals surface area contributed by atoms with Crippen molar-refractivity contribution in [1.29, 1.82) is 0 Å². The smallest absolute Gasteiger partial charge is 0.166 e. The highest BCUT2D eigenvalue weighted by molar-refractivity contribution is 7.11. The second-order valence-corrected chi connectivity index (χ2v) is 5.42. The third-order valence-corrected chi connectivity index (χ3v) is 3.54. The van der Waals surface area contributed by atoms with E-state index in [4.69, 9.17) is 9.47 Å². The number of rotatable bonds is 5. The molecule has 5 heteroatoms. The average Bonchev–Trinajstić information content (AvgIpc) is 2.84. The second-order valence-electron chi connectivity index (χ2n) is 4.10. The molecular weight excluding hydrogens is 224 g/mol. The molecule has 0 radical (unpaired) electrons. The lowest BCUT2D eigenvalue weighted by Crippen LogP contribution is -2.30. The van der Waals surface area contributed by atoms with Gasteiger partial charge in [0, 0.05) is 30.6 Å². The molecule has 0 spiro atoms. The molecule has 2 heterocycles. The van der Waals surface area contributed by atoms with E-state index in [1.165, 1.54) is 4.88 Å². The quantitative estimate of drug-likeness (QED) is 0.798. The van der Waals surface area contributed by atoms with E-state index in [2.05, 4.69) is 10.3 Å². The summed E-state index contributed by atoms with van der Waals surface area (Å²) in [5.41, 5.74) is 0. The maximum Gasteiger partial charge on any atom is 0.166 e. The van der Waals surface area contributed by atoms with Crippen molar-refractivity contribution >= 4 is 11.3 Å². The standard InChI is InChI=1S/C11H18N2O2S/c1-9-13-8-10(16-9)7-12-4-3-11(2)14-5-6-15-11/h8,12H,3-7H2,1-2H3. The number of nitrogens with one attached hydrogen (secondary N) is 1. The van der Waals surface area contributed by atoms with E-state index in [9.17, 15) is 0 Å². The first-order valence-corrected chi connectivity index (χ1v) is 6.40. The van der Waals surface area contributed by atoms with Gasteiger partial charge in [0.1, 0.15) is 0 Å². The number of thiazole rings is 1. The lowest BCUT2D eigenvalue weighted by atomic mass is 10.2. The Balaban J connectivity index is 1.65. The second kappa shape index (κ2) is 5.23. The third kappa shape index (κ3) is 3.25. The Labute approximate surface area is 100.0 Å². The molecule has 90 valence electrons. The van der Waals surface area contributed by atoms with Crippen LogP contribution in [-0.2, 0) is 16.0 Å². The largest absolute Gasteiger partial charge is 0.348 e. The molecule has 0 atom stereocenters. The van der Waals surface area contributed by atoms with Gasteiger partial charge in [-0.1, -0.05) is 0 Å². The highest BCUT2D eigenvalue weighted by atomic mass is 32.1. The van der Waals surface area contributed by atoms with Gasteiger partial charge in [0.05, 0.1) is 18.2 Å². The first-order chi connectivity index (χ1) is 7.68. The predicted octanol–water partition coefficient (Wildman–Crippen LogP) is 1.69. The van der Waals surface area contributed by atoms with Crippen molar-refractivity contribution in [2.45, 2.75) is 32.6 Å². The number of aryl methyl sites for hydroxylation is 1. The maximum atomic E-state index is 5.52. The Morgan fingerprint density at radius 1 is 1.50 bits per heavy atom. The van der Waals surface area contributed by atoms with Crippen LogP contribution in [0.5, 0.6) is 0 Å². The molecule has 1 saturated heterocycles. The summed E-state index contributed by atoms with van der Waals surface area (Å²) in [5, 5.41) is 4.49. The Bertz CT molecular complexity index is 334. The molecule has 4 nitrogen and oxygen atoms in total. The van der Waals surface area contributed by atoms with Crippen LogP contribution in [0.15, 0.2) is 6.20 Å². The number of ether oxygens (including phenoxy) is 2. The van der Waals surface area contributed by atoms with Crippen molar-refractivity contribution < 1.29 is 9.47 Å². The van der Waals surface area contributed by atoms with Crippen molar-refractivity contribution in [3.8, 4) is 0 Å². The summed E-state index contributed by atoms with van der Waals surface area (Å²) in [5.74, 6) is -0.378. The lowest BCUT2D eigenvalue weighted by Gasteiger charge is -2.22. The Morgan fingerprint density at radius 2 is 2.25 bits per heavy atom. The van der Waals surface area contributed by atoms with Gasteiger partial charge in [-0.05, 0) is 13.8 Å². The van der Waals surface area contributed by atoms with Gasteiger partial charge in [-0.3, -0.25) is 0 Å². The van der Waals surface area contributed by atoms with Gasteiger partial charge in [-0.25, -0.2) is 4.98 Å². The fourth-order valence-corrected chi connectivity index (χ4v) is 2.48. The molecule has 0 aromatic carbocycles. The minimum absolute atomic E-state index is 0.378. The summed E-state index contributed by atoms with van der Waals surface area (Å²) in [6.45, 7) is 7.22. The fourth-order valence-electron chi connectivity index (χ4n) is 1.72. The molecule has 0 unspecified atom stereocenters. The van der Waals surface area contributed by atoms with Crippen LogP contribution in [0.1, 0.15) is 23.2 Å². The number of nitrogens with zero attached hydrogens (tertiary/aromatic N) is 1. The summed E-state index contributed by atoms with van der Waals surface area (Å²) >= 11 is 1.73. The molecule has 0 aliphatic carbocycles. The molecule has 2 rings (SSSR count). The summed E-state index contributed by atoms with van der Waals surface area (Å²) in [4.78, 5) is 5.49. The average molecular weight is 242 g/mol. The molecule has 1 aliphatic rings. The SMILES string of the molecule is Cc1ncc(CNCCC2(C)OCCO2)s1. The normalized spacial score (nSPS) is 19.1. The first-order valence-electron chi connectivity index (χ1n) is 5.58. The molecule has 16 heavy (non-hydrogen) atoms. The predicted molar refractivity (Wildman–Crippen MR) is 63.5 cm³/mol. The van der Waals surface area contributed by atoms with Crippen LogP contribution in [-0.4, -0.2) is 30.5 Å². The zero-order valence-electron chi connectivity index (χ0n) is 9.78. The monoisotopic (exact) mass is 242 g/mol. The van der Waals surface area contributed by atoms with Crippen molar-refractivity contribution in [2.75, 3.05) is 19.8 Å². The molecular formula is C11H18N2O2S. The number of aromatic nitrogens is 1. The minimum Gasteiger partial charge on any atom is -0.348 e. The van der Waals surface area contributed by atoms with E-state index >= 15 is 0 Å². The highest BCUT2D eigenvalue weighted by Gasteiger charge is 2.29. The molecule has 1 aromatic rings. The van der Waals surface area contributed by atoms with Crippen LogP contribution < -0.4 is 5.32 Å². The molecule has 0 saturated carbocycles. The van der Waals surface area contributed by atoms with Crippen molar-refractivity contribution in [3.63, 3.8) is 0 Å². The van der Waals surface area contributed by atoms with Gasteiger partial charge in [-0.15, -0.1) is 11.3 Å². The van der Waals surface area contributed by atoms with Crippen molar-refractivity contribution in [2.24, 2.45) is 0 Å². The van der Waals surface area contributed by atoms with Gasteiger partial charge in [0.2, 0.25) is 0 Å². The van der Waals surface area contributed by atoms with Crippen LogP contribution in [0.3, 0.4) is 0 Å². The zero-order valence-corrected chi connectivity index (χ0v) is 10.6. The topological polar surface area (TPSA) is 43.4 Å². The maximum absolute atomic E-state index is 5.52. The van der Waals surface area contributed by atoms with Gasteiger partial charge >= 0.3 is 0 Å². The number of hydrogen-bond acceptors (Lipinski definition) is 5. The van der Waals surface area contributed by atoms with Gasteiger partial charge in [0.15, 0.2) is 5.79 Å². The van der Waals surface area contributed by atoms with Crippen LogP contribution in [0.4, 0.5) is 0 Å². The van der Waals surface area contributed by atoms with Gasteiger partial charge in [0.25, 0.3) is 0 Å². The highest BCUT2D eigenvalue weighted by Crippen LogP contribution is 2.21. The Kier molecular flexibility index (Phi) is 3.91. The molecule has 1 fully saturated rings. The van der Waals surface area contributed by atoms with E-state index in [0.717, 1.165) is 24.5 Å². The van der Waals surface area contributed by atoms with E-state index in [1.54, 1.807) is 11.3 Å². The summed E-state index contributed by atoms with van der Waals surface area (Å²) in [7, 11) is 0. The zero-order chi connectivity index (χ0) is 11.4. The molecule has 1 aliphatic heterocycles. The fraction of sp³-hybridized carbons (Fsp3) is 0.727. The van der Waals surface area contributed by atoms with Crippen molar-refractivity contribution in [3.05, 3.63) is 16.1 Å². The van der Waals surface area contributed by atoms with Gasteiger partial charge < -0.3 is 14.8 Å². The summed E-state index contributed by atoms with van der Waals surface area (Å²) in [6, 6.07) is 0. The summed E-state index contributed by atoms with van der Waals surface area (Å²) < 4.78 is 11.0. The summed E-state index contributed by atoms with van der Waals surface area (Å²) in [6.07, 6.45) is 2.81. The Hall–Kier alpha value is -0.490. The van der Waals surface area contributed by atoms with Crippen molar-refractivity contribution in [1.82, 2.24) is 10.3 Å². The lowest BCUT2D eigenvalue weighted by molar-refractivity contribution is -0.145. The van der Waals surface area contributed by atoms with Crippen LogP contribution in [0, 0.1) is 6.92 Å². The molecule has 1 aromatic heterocycles. The van der Waals surface area contributed by atoms with Gasteiger partial charge in [-0.2, -0.15) is 0 Å². The third-order valence-electron chi connectivity index (χ3n) is 2.62. The molecule has 1 N–H and O–H groups in total. The van der Waals surface area contributed by atoms with E-state index in [1.807, 2.05) is 20.0 Å². The van der Waals surface area contributed by atoms with Crippen LogP contribution >= 0.6 is 11.3 Å². The van der Waals surface area contributed by atoms with Crippen LogP contribution in [0.25, 0.3) is 0 Å². The minimum atomic E-state index is -0.378. The van der Waals surface area contributed by atoms with E-state index in [0.29, 0.717) is 13.2 Å². The Morgan fingerprint density at radius 3 is 2.88 bits per heavy atom. The molecule has 0 bridgehead atoms. The van der Waals surface area contributed by atoms with Crippen LogP contribution in [0.2, 0.25) is 0 Å². The first kappa shape index (κ1) is 12.0. The number of hydrogen-bond donors (Lipinski definition) is 1. The van der Waals surface area contributed by atoms with E-state index < -0.39 is 0 Å².